The van der Waals surface area contributed by atoms with E-state index >= 15 is 0 Å². The zero-order chi connectivity index (χ0) is 22.0. The molecule has 9 heteroatoms. The first-order valence-corrected chi connectivity index (χ1v) is 10.2. The van der Waals surface area contributed by atoms with E-state index in [0.29, 0.717) is 5.52 Å². The Morgan fingerprint density at radius 3 is 2.58 bits per heavy atom. The summed E-state index contributed by atoms with van der Waals surface area (Å²) in [5.41, 5.74) is 1.20. The lowest BCUT2D eigenvalue weighted by molar-refractivity contribution is 0.0946. The van der Waals surface area contributed by atoms with E-state index in [0.717, 1.165) is 20.2 Å². The highest BCUT2D eigenvalue weighted by atomic mass is 79.9. The van der Waals surface area contributed by atoms with Crippen LogP contribution >= 0.6 is 15.9 Å². The second-order valence-electron chi connectivity index (χ2n) is 6.99. The van der Waals surface area contributed by atoms with Gasteiger partial charge in [-0.05, 0) is 35.4 Å². The molecule has 0 aliphatic carbocycles. The van der Waals surface area contributed by atoms with Crippen LogP contribution in [-0.4, -0.2) is 25.0 Å². The van der Waals surface area contributed by atoms with Gasteiger partial charge in [-0.3, -0.25) is 23.7 Å². The van der Waals surface area contributed by atoms with Crippen molar-refractivity contribution in [3.63, 3.8) is 0 Å². The fourth-order valence-corrected chi connectivity index (χ4v) is 3.48. The van der Waals surface area contributed by atoms with Crippen LogP contribution in [0.1, 0.15) is 21.6 Å². The Hall–Kier alpha value is -3.59. The summed E-state index contributed by atoms with van der Waals surface area (Å²) in [5.74, 6) is -0.418. The molecule has 1 N–H and O–H groups in total. The molecule has 0 atom stereocenters. The molecule has 0 radical (unpaired) electrons. The molecule has 31 heavy (non-hydrogen) atoms. The maximum Gasteiger partial charge on any atom is 0.331 e. The first-order valence-electron chi connectivity index (χ1n) is 9.45. The predicted octanol–water partition coefficient (Wildman–Crippen LogP) is 2.23. The molecular formula is C22H18BrN5O3. The van der Waals surface area contributed by atoms with E-state index in [2.05, 4.69) is 31.2 Å². The van der Waals surface area contributed by atoms with Crippen molar-refractivity contribution in [2.75, 3.05) is 0 Å². The smallest absolute Gasteiger partial charge is 0.331 e. The van der Waals surface area contributed by atoms with Crippen molar-refractivity contribution in [3.05, 3.63) is 103 Å². The maximum absolute atomic E-state index is 13.1. The van der Waals surface area contributed by atoms with Gasteiger partial charge in [0.2, 0.25) is 0 Å². The number of nitrogens with one attached hydrogen (secondary N) is 1. The summed E-state index contributed by atoms with van der Waals surface area (Å²) < 4.78 is 3.42. The Morgan fingerprint density at radius 1 is 1.10 bits per heavy atom. The third kappa shape index (κ3) is 4.31. The van der Waals surface area contributed by atoms with Crippen LogP contribution in [0, 0.1) is 0 Å². The number of halogens is 1. The van der Waals surface area contributed by atoms with E-state index in [1.165, 1.54) is 16.8 Å². The minimum atomic E-state index is -0.468. The number of aromatic nitrogens is 4. The molecule has 0 unspecified atom stereocenters. The van der Waals surface area contributed by atoms with Gasteiger partial charge in [-0.2, -0.15) is 0 Å². The molecule has 0 aliphatic heterocycles. The van der Waals surface area contributed by atoms with Gasteiger partial charge in [0.05, 0.1) is 23.6 Å². The summed E-state index contributed by atoms with van der Waals surface area (Å²) >= 11 is 3.37. The first-order chi connectivity index (χ1) is 14.9. The number of fused-ring (bicyclic) bond motifs is 1. The van der Waals surface area contributed by atoms with Gasteiger partial charge in [0.25, 0.3) is 11.5 Å². The molecule has 0 saturated carbocycles. The van der Waals surface area contributed by atoms with Crippen LogP contribution in [0.4, 0.5) is 0 Å². The summed E-state index contributed by atoms with van der Waals surface area (Å²) in [6, 6.07) is 12.4. The molecule has 156 valence electrons. The van der Waals surface area contributed by atoms with Gasteiger partial charge in [-0.15, -0.1) is 0 Å². The largest absolute Gasteiger partial charge is 0.347 e. The molecule has 0 saturated heterocycles. The topological polar surface area (TPSA) is 98.9 Å². The Kier molecular flexibility index (Phi) is 5.77. The Bertz CT molecular complexity index is 1380. The highest BCUT2D eigenvalue weighted by Gasteiger charge is 2.15. The number of rotatable bonds is 5. The molecule has 1 amide bonds. The average molecular weight is 480 g/mol. The Balaban J connectivity index is 1.69. The monoisotopic (exact) mass is 479 g/mol. The fraction of sp³-hybridized carbons (Fsp3) is 0.136. The number of pyridine rings is 2. The number of nitrogens with zero attached hydrogens (tertiary/aromatic N) is 4. The lowest BCUT2D eigenvalue weighted by Gasteiger charge is -2.12. The number of benzene rings is 1. The van der Waals surface area contributed by atoms with Crippen LogP contribution in [-0.2, 0) is 20.1 Å². The molecule has 4 rings (SSSR count). The lowest BCUT2D eigenvalue weighted by atomic mass is 10.2. The quantitative estimate of drug-likeness (QED) is 0.473. The third-order valence-electron chi connectivity index (χ3n) is 4.90. The average Bonchev–Trinajstić information content (AvgIpc) is 2.80. The number of carbonyl (C=O) groups is 1. The van der Waals surface area contributed by atoms with Crippen molar-refractivity contribution >= 4 is 32.7 Å². The normalized spacial score (nSPS) is 10.9. The van der Waals surface area contributed by atoms with Crippen LogP contribution in [0.5, 0.6) is 0 Å². The third-order valence-corrected chi connectivity index (χ3v) is 5.43. The van der Waals surface area contributed by atoms with Gasteiger partial charge in [-0.1, -0.05) is 34.1 Å². The van der Waals surface area contributed by atoms with Gasteiger partial charge < -0.3 is 5.32 Å². The molecule has 3 heterocycles. The van der Waals surface area contributed by atoms with Crippen LogP contribution in [0.2, 0.25) is 0 Å². The van der Waals surface area contributed by atoms with E-state index in [4.69, 9.17) is 0 Å². The summed E-state index contributed by atoms with van der Waals surface area (Å²) in [7, 11) is 1.58. The van der Waals surface area contributed by atoms with Crippen LogP contribution < -0.4 is 16.6 Å². The van der Waals surface area contributed by atoms with Crippen molar-refractivity contribution in [1.29, 1.82) is 0 Å². The minimum Gasteiger partial charge on any atom is -0.347 e. The molecule has 1 aromatic carbocycles. The molecule has 3 aromatic heterocycles. The number of aryl methyl sites for hydroxylation is 1. The Labute approximate surface area is 185 Å². The minimum absolute atomic E-state index is 0.0994. The standard InChI is InChI=1S/C22H18BrN5O3/c1-27-19-12-25-18(20(29)26-11-15-3-2-8-24-10-15)9-17(19)21(30)28(22(27)31)13-14-4-6-16(23)7-5-14/h2-10,12H,11,13H2,1H3,(H,26,29). The van der Waals surface area contributed by atoms with E-state index in [1.807, 2.05) is 30.3 Å². The maximum atomic E-state index is 13.1. The van der Waals surface area contributed by atoms with Gasteiger partial charge in [0, 0.05) is 30.5 Å². The second kappa shape index (κ2) is 8.65. The van der Waals surface area contributed by atoms with Gasteiger partial charge in [-0.25, -0.2) is 9.78 Å². The zero-order valence-electron chi connectivity index (χ0n) is 16.6. The van der Waals surface area contributed by atoms with Crippen LogP contribution in [0.3, 0.4) is 0 Å². The second-order valence-corrected chi connectivity index (χ2v) is 7.91. The zero-order valence-corrected chi connectivity index (χ0v) is 18.2. The summed E-state index contributed by atoms with van der Waals surface area (Å²) in [5, 5.41) is 3.01. The summed E-state index contributed by atoms with van der Waals surface area (Å²) in [6.07, 6.45) is 4.69. The number of hydrogen-bond donors (Lipinski definition) is 1. The molecule has 8 nitrogen and oxygen atoms in total. The molecule has 4 aromatic rings. The SMILES string of the molecule is Cn1c(=O)n(Cc2ccc(Br)cc2)c(=O)c2cc(C(=O)NCc3cccnc3)ncc21. The number of carbonyl (C=O) groups excluding carboxylic acids is 1. The number of hydrogen-bond acceptors (Lipinski definition) is 5. The van der Waals surface area contributed by atoms with E-state index in [1.54, 1.807) is 25.5 Å². The first kappa shape index (κ1) is 20.7. The highest BCUT2D eigenvalue weighted by molar-refractivity contribution is 9.10. The lowest BCUT2D eigenvalue weighted by Crippen LogP contribution is -2.39. The van der Waals surface area contributed by atoms with Gasteiger partial charge in [0.1, 0.15) is 5.69 Å². The van der Waals surface area contributed by atoms with Crippen molar-refractivity contribution in [2.45, 2.75) is 13.1 Å². The van der Waals surface area contributed by atoms with Crippen molar-refractivity contribution < 1.29 is 4.79 Å². The van der Waals surface area contributed by atoms with Crippen molar-refractivity contribution in [1.82, 2.24) is 24.4 Å². The highest BCUT2D eigenvalue weighted by Crippen LogP contribution is 2.12. The van der Waals surface area contributed by atoms with Gasteiger partial charge in [0.15, 0.2) is 0 Å². The van der Waals surface area contributed by atoms with Crippen LogP contribution in [0.15, 0.2) is 75.1 Å². The van der Waals surface area contributed by atoms with E-state index in [9.17, 15) is 14.4 Å². The molecule has 0 bridgehead atoms. The summed E-state index contributed by atoms with van der Waals surface area (Å²) in [6.45, 7) is 0.410. The molecule has 0 aliphatic rings. The molecule has 0 spiro atoms. The fourth-order valence-electron chi connectivity index (χ4n) is 3.21. The van der Waals surface area contributed by atoms with Crippen molar-refractivity contribution in [3.8, 4) is 0 Å². The van der Waals surface area contributed by atoms with Gasteiger partial charge >= 0.3 is 5.69 Å². The molecular weight excluding hydrogens is 462 g/mol. The van der Waals surface area contributed by atoms with Crippen LogP contribution in [0.25, 0.3) is 10.9 Å². The number of amides is 1. The van der Waals surface area contributed by atoms with E-state index in [-0.39, 0.29) is 24.2 Å². The summed E-state index contributed by atoms with van der Waals surface area (Å²) in [4.78, 5) is 46.6. The van der Waals surface area contributed by atoms with E-state index < -0.39 is 17.2 Å². The Morgan fingerprint density at radius 2 is 1.87 bits per heavy atom. The molecule has 0 fully saturated rings. The predicted molar refractivity (Wildman–Crippen MR) is 120 cm³/mol. The van der Waals surface area contributed by atoms with Crippen molar-refractivity contribution in [2.24, 2.45) is 7.05 Å².